The van der Waals surface area contributed by atoms with Crippen molar-refractivity contribution in [3.05, 3.63) is 16.1 Å². The molecule has 1 fully saturated rings. The molecule has 0 radical (unpaired) electrons. The summed E-state index contributed by atoms with van der Waals surface area (Å²) in [6, 6.07) is 0. The summed E-state index contributed by atoms with van der Waals surface area (Å²) >= 11 is 1.81. The number of ether oxygens (including phenoxy) is 1. The number of hydrogen-bond donors (Lipinski definition) is 1. The molecule has 0 saturated carbocycles. The highest BCUT2D eigenvalue weighted by Crippen LogP contribution is 2.38. The van der Waals surface area contributed by atoms with Gasteiger partial charge in [-0.25, -0.2) is 4.98 Å². The molecule has 3 nitrogen and oxygen atoms in total. The van der Waals surface area contributed by atoms with E-state index in [9.17, 15) is 0 Å². The van der Waals surface area contributed by atoms with E-state index in [0.717, 1.165) is 32.4 Å². The zero-order valence-corrected chi connectivity index (χ0v) is 13.3. The quantitative estimate of drug-likeness (QED) is 0.895. The van der Waals surface area contributed by atoms with Crippen LogP contribution < -0.4 is 5.32 Å². The Morgan fingerprint density at radius 1 is 1.53 bits per heavy atom. The third kappa shape index (κ3) is 3.18. The highest BCUT2D eigenvalue weighted by Gasteiger charge is 2.39. The van der Waals surface area contributed by atoms with Crippen molar-refractivity contribution in [3.8, 4) is 0 Å². The molecular weight excluding hydrogens is 256 g/mol. The normalized spacial score (nSPS) is 27.9. The van der Waals surface area contributed by atoms with Crippen LogP contribution >= 0.6 is 11.3 Å². The third-order valence-electron chi connectivity index (χ3n) is 3.95. The summed E-state index contributed by atoms with van der Waals surface area (Å²) in [5.74, 6) is 0.505. The van der Waals surface area contributed by atoms with E-state index < -0.39 is 0 Å². The molecule has 1 saturated heterocycles. The van der Waals surface area contributed by atoms with Gasteiger partial charge in [0.1, 0.15) is 5.01 Å². The fraction of sp³-hybridized carbons (Fsp3) is 0.800. The summed E-state index contributed by atoms with van der Waals surface area (Å²) in [5.41, 5.74) is 1.25. The molecule has 108 valence electrons. The Hall–Kier alpha value is -0.450. The van der Waals surface area contributed by atoms with Gasteiger partial charge < -0.3 is 10.1 Å². The number of thiazole rings is 1. The Morgan fingerprint density at radius 2 is 2.32 bits per heavy atom. The van der Waals surface area contributed by atoms with Crippen molar-refractivity contribution in [2.24, 2.45) is 0 Å². The van der Waals surface area contributed by atoms with E-state index in [4.69, 9.17) is 9.72 Å². The van der Waals surface area contributed by atoms with Crippen LogP contribution in [0.25, 0.3) is 0 Å². The van der Waals surface area contributed by atoms with Gasteiger partial charge in [0.15, 0.2) is 0 Å². The average molecular weight is 282 g/mol. The maximum absolute atomic E-state index is 5.84. The molecule has 0 amide bonds. The van der Waals surface area contributed by atoms with Crippen LogP contribution in [0.3, 0.4) is 0 Å². The summed E-state index contributed by atoms with van der Waals surface area (Å²) in [6.45, 7) is 10.6. The van der Waals surface area contributed by atoms with Crippen LogP contribution in [0.4, 0.5) is 0 Å². The SMILES string of the molecule is CCNC1(c2nc(C(C)C)cs2)CCOC(CC)C1. The van der Waals surface area contributed by atoms with Gasteiger partial charge in [0.2, 0.25) is 0 Å². The third-order valence-corrected chi connectivity index (χ3v) is 5.02. The zero-order chi connectivity index (χ0) is 13.9. The molecule has 1 N–H and O–H groups in total. The molecule has 19 heavy (non-hydrogen) atoms. The van der Waals surface area contributed by atoms with E-state index in [2.05, 4.69) is 38.4 Å². The summed E-state index contributed by atoms with van der Waals surface area (Å²) in [6.07, 6.45) is 3.51. The second-order valence-corrected chi connectivity index (χ2v) is 6.56. The maximum atomic E-state index is 5.84. The van der Waals surface area contributed by atoms with Crippen molar-refractivity contribution >= 4 is 11.3 Å². The molecule has 2 unspecified atom stereocenters. The van der Waals surface area contributed by atoms with Gasteiger partial charge in [-0.2, -0.15) is 0 Å². The van der Waals surface area contributed by atoms with Crippen molar-refractivity contribution in [3.63, 3.8) is 0 Å². The molecule has 1 aliphatic rings. The van der Waals surface area contributed by atoms with Gasteiger partial charge in [-0.15, -0.1) is 11.3 Å². The molecule has 2 atom stereocenters. The van der Waals surface area contributed by atoms with Gasteiger partial charge in [0, 0.05) is 12.0 Å². The Balaban J connectivity index is 2.26. The predicted octanol–water partition coefficient (Wildman–Crippen LogP) is 3.66. The van der Waals surface area contributed by atoms with E-state index in [0.29, 0.717) is 12.0 Å². The maximum Gasteiger partial charge on any atom is 0.113 e. The molecule has 1 aromatic heterocycles. The molecule has 1 aromatic rings. The van der Waals surface area contributed by atoms with Crippen molar-refractivity contribution in [2.75, 3.05) is 13.2 Å². The predicted molar refractivity (Wildman–Crippen MR) is 80.8 cm³/mol. The zero-order valence-electron chi connectivity index (χ0n) is 12.5. The average Bonchev–Trinajstić information content (AvgIpc) is 2.89. The standard InChI is InChI=1S/C15H26N2OS/c1-5-12-9-15(16-6-2,7-8-18-12)14-17-13(10-19-14)11(3)4/h10-12,16H,5-9H2,1-4H3. The Labute approximate surface area is 120 Å². The van der Waals surface area contributed by atoms with Crippen molar-refractivity contribution in [1.82, 2.24) is 10.3 Å². The first kappa shape index (κ1) is 14.9. The van der Waals surface area contributed by atoms with Crippen LogP contribution in [0.1, 0.15) is 63.6 Å². The van der Waals surface area contributed by atoms with Gasteiger partial charge >= 0.3 is 0 Å². The molecule has 0 aliphatic carbocycles. The van der Waals surface area contributed by atoms with E-state index >= 15 is 0 Å². The monoisotopic (exact) mass is 282 g/mol. The van der Waals surface area contributed by atoms with Crippen LogP contribution in [-0.4, -0.2) is 24.2 Å². The lowest BCUT2D eigenvalue weighted by atomic mass is 9.86. The molecule has 2 heterocycles. The van der Waals surface area contributed by atoms with Gasteiger partial charge in [-0.3, -0.25) is 0 Å². The molecule has 0 bridgehead atoms. The number of aromatic nitrogens is 1. The van der Waals surface area contributed by atoms with Crippen LogP contribution in [0, 0.1) is 0 Å². The Bertz CT molecular complexity index is 401. The first-order chi connectivity index (χ1) is 9.11. The van der Waals surface area contributed by atoms with Crippen LogP contribution in [0.5, 0.6) is 0 Å². The second-order valence-electron chi connectivity index (χ2n) is 5.70. The van der Waals surface area contributed by atoms with Crippen LogP contribution in [-0.2, 0) is 10.3 Å². The van der Waals surface area contributed by atoms with E-state index in [-0.39, 0.29) is 5.54 Å². The molecule has 4 heteroatoms. The number of nitrogens with one attached hydrogen (secondary N) is 1. The molecule has 2 rings (SSSR count). The summed E-state index contributed by atoms with van der Waals surface area (Å²) in [5, 5.41) is 7.17. The van der Waals surface area contributed by atoms with Gasteiger partial charge in [0.25, 0.3) is 0 Å². The fourth-order valence-electron chi connectivity index (χ4n) is 2.75. The minimum Gasteiger partial charge on any atom is -0.378 e. The minimum absolute atomic E-state index is 0.0332. The Morgan fingerprint density at radius 3 is 2.89 bits per heavy atom. The topological polar surface area (TPSA) is 34.2 Å². The smallest absolute Gasteiger partial charge is 0.113 e. The molecule has 1 aliphatic heterocycles. The molecule has 0 aromatic carbocycles. The van der Waals surface area contributed by atoms with E-state index in [1.165, 1.54) is 10.7 Å². The summed E-state index contributed by atoms with van der Waals surface area (Å²) in [4.78, 5) is 4.89. The van der Waals surface area contributed by atoms with E-state index in [1.807, 2.05) is 0 Å². The largest absolute Gasteiger partial charge is 0.378 e. The number of hydrogen-bond acceptors (Lipinski definition) is 4. The lowest BCUT2D eigenvalue weighted by molar-refractivity contribution is -0.0319. The van der Waals surface area contributed by atoms with Crippen LogP contribution in [0.15, 0.2) is 5.38 Å². The minimum atomic E-state index is 0.0332. The summed E-state index contributed by atoms with van der Waals surface area (Å²) < 4.78 is 5.84. The van der Waals surface area contributed by atoms with Gasteiger partial charge in [-0.1, -0.05) is 27.7 Å². The first-order valence-corrected chi connectivity index (χ1v) is 8.31. The van der Waals surface area contributed by atoms with Crippen LogP contribution in [0.2, 0.25) is 0 Å². The number of rotatable bonds is 5. The van der Waals surface area contributed by atoms with Crippen molar-refractivity contribution in [1.29, 1.82) is 0 Å². The highest BCUT2D eigenvalue weighted by molar-refractivity contribution is 7.09. The van der Waals surface area contributed by atoms with Crippen molar-refractivity contribution < 1.29 is 4.74 Å². The lowest BCUT2D eigenvalue weighted by Crippen LogP contribution is -2.49. The molecule has 0 spiro atoms. The number of nitrogens with zero attached hydrogens (tertiary/aromatic N) is 1. The highest BCUT2D eigenvalue weighted by atomic mass is 32.1. The molecular formula is C15H26N2OS. The van der Waals surface area contributed by atoms with Gasteiger partial charge in [-0.05, 0) is 31.7 Å². The Kier molecular flexibility index (Phi) is 4.98. The first-order valence-electron chi connectivity index (χ1n) is 7.43. The summed E-state index contributed by atoms with van der Waals surface area (Å²) in [7, 11) is 0. The van der Waals surface area contributed by atoms with E-state index in [1.54, 1.807) is 11.3 Å². The van der Waals surface area contributed by atoms with Crippen molar-refractivity contribution in [2.45, 2.75) is 64.5 Å². The lowest BCUT2D eigenvalue weighted by Gasteiger charge is -2.40. The van der Waals surface area contributed by atoms with Gasteiger partial charge in [0.05, 0.1) is 17.3 Å². The fourth-order valence-corrected chi connectivity index (χ4v) is 3.95. The second kappa shape index (κ2) is 6.33.